The smallest absolute Gasteiger partial charge is 0.142 e. The molecule has 0 spiro atoms. The molecule has 0 aliphatic heterocycles. The highest BCUT2D eigenvalue weighted by atomic mass is 16.5. The number of rotatable bonds is 5. The lowest BCUT2D eigenvalue weighted by Gasteiger charge is -2.13. The van der Waals surface area contributed by atoms with E-state index in [1.807, 2.05) is 48.5 Å². The number of hydrogen-bond acceptors (Lipinski definition) is 4. The Morgan fingerprint density at radius 2 is 1.76 bits per heavy atom. The minimum Gasteiger partial charge on any atom is -0.488 e. The summed E-state index contributed by atoms with van der Waals surface area (Å²) in [4.78, 5) is 8.64. The summed E-state index contributed by atoms with van der Waals surface area (Å²) in [6.07, 6.45) is 5.31. The number of ether oxygens (including phenoxy) is 1. The molecule has 0 radical (unpaired) electrons. The van der Waals surface area contributed by atoms with Crippen LogP contribution in [0.4, 0.5) is 11.5 Å². The predicted molar refractivity (Wildman–Crippen MR) is 100 cm³/mol. The van der Waals surface area contributed by atoms with Crippen LogP contribution in [0, 0.1) is 0 Å². The van der Waals surface area contributed by atoms with E-state index in [1.165, 1.54) is 0 Å². The molecule has 0 amide bonds. The summed E-state index contributed by atoms with van der Waals surface area (Å²) in [5, 5.41) is 5.37. The second kappa shape index (κ2) is 7.01. The van der Waals surface area contributed by atoms with Crippen molar-refractivity contribution in [2.75, 3.05) is 5.32 Å². The third kappa shape index (κ3) is 3.43. The molecule has 4 aromatic rings. The van der Waals surface area contributed by atoms with E-state index in [0.29, 0.717) is 6.61 Å². The minimum atomic E-state index is 0.515. The molecule has 2 heterocycles. The van der Waals surface area contributed by atoms with Crippen LogP contribution < -0.4 is 10.1 Å². The lowest BCUT2D eigenvalue weighted by atomic mass is 10.1. The number of aromatic nitrogens is 2. The van der Waals surface area contributed by atoms with Gasteiger partial charge in [0.05, 0.1) is 17.3 Å². The van der Waals surface area contributed by atoms with Crippen LogP contribution >= 0.6 is 0 Å². The zero-order valence-corrected chi connectivity index (χ0v) is 13.6. The largest absolute Gasteiger partial charge is 0.488 e. The number of nitrogens with zero attached hydrogens (tertiary/aromatic N) is 2. The molecule has 0 aliphatic carbocycles. The van der Waals surface area contributed by atoms with E-state index < -0.39 is 0 Å². The van der Waals surface area contributed by atoms with E-state index in [4.69, 9.17) is 4.74 Å². The van der Waals surface area contributed by atoms with Crippen molar-refractivity contribution >= 4 is 22.3 Å². The molecule has 122 valence electrons. The topological polar surface area (TPSA) is 47.0 Å². The molecule has 0 bridgehead atoms. The second-order valence-electron chi connectivity index (χ2n) is 5.65. The van der Waals surface area contributed by atoms with Crippen molar-refractivity contribution in [2.45, 2.75) is 6.61 Å². The number of fused-ring (bicyclic) bond motifs is 1. The molecule has 0 atom stereocenters. The minimum absolute atomic E-state index is 0.515. The van der Waals surface area contributed by atoms with Crippen molar-refractivity contribution in [3.05, 3.63) is 90.9 Å². The maximum atomic E-state index is 6.09. The average molecular weight is 327 g/mol. The van der Waals surface area contributed by atoms with Gasteiger partial charge in [-0.3, -0.25) is 4.98 Å². The number of pyridine rings is 2. The quantitative estimate of drug-likeness (QED) is 0.563. The highest BCUT2D eigenvalue weighted by Crippen LogP contribution is 2.32. The first-order valence-corrected chi connectivity index (χ1v) is 8.12. The van der Waals surface area contributed by atoms with Crippen LogP contribution in [0.5, 0.6) is 5.75 Å². The van der Waals surface area contributed by atoms with Crippen LogP contribution in [0.3, 0.4) is 0 Å². The van der Waals surface area contributed by atoms with Crippen molar-refractivity contribution < 1.29 is 4.74 Å². The van der Waals surface area contributed by atoms with Gasteiger partial charge in [0, 0.05) is 12.4 Å². The van der Waals surface area contributed by atoms with E-state index in [-0.39, 0.29) is 0 Å². The van der Waals surface area contributed by atoms with Crippen LogP contribution in [0.15, 0.2) is 85.3 Å². The van der Waals surface area contributed by atoms with Crippen LogP contribution in [0.25, 0.3) is 10.8 Å². The highest BCUT2D eigenvalue weighted by Gasteiger charge is 2.09. The molecule has 25 heavy (non-hydrogen) atoms. The summed E-state index contributed by atoms with van der Waals surface area (Å²) in [5.74, 6) is 1.56. The molecule has 4 heteroatoms. The first-order valence-electron chi connectivity index (χ1n) is 8.12. The third-order valence-electron chi connectivity index (χ3n) is 3.91. The Kier molecular flexibility index (Phi) is 4.25. The first kappa shape index (κ1) is 15.1. The maximum absolute atomic E-state index is 6.09. The van der Waals surface area contributed by atoms with Crippen molar-refractivity contribution in [3.63, 3.8) is 0 Å². The molecular formula is C21H17N3O. The van der Waals surface area contributed by atoms with Gasteiger partial charge < -0.3 is 10.1 Å². The van der Waals surface area contributed by atoms with Crippen LogP contribution in [0.2, 0.25) is 0 Å². The zero-order valence-electron chi connectivity index (χ0n) is 13.6. The summed E-state index contributed by atoms with van der Waals surface area (Å²) in [6.45, 7) is 0.515. The monoisotopic (exact) mass is 327 g/mol. The summed E-state index contributed by atoms with van der Waals surface area (Å²) >= 11 is 0. The molecule has 4 rings (SSSR count). The molecule has 1 N–H and O–H groups in total. The standard InChI is InChI=1S/C21H17N3O/c1-2-6-16(7-3-1)15-25-19-10-4-8-17-11-13-23-21(20(17)19)24-18-9-5-12-22-14-18/h1-14H,15H2,(H,23,24). The average Bonchev–Trinajstić information content (AvgIpc) is 2.68. The summed E-state index contributed by atoms with van der Waals surface area (Å²) in [6, 6.07) is 22.0. The molecule has 0 saturated heterocycles. The number of hydrogen-bond donors (Lipinski definition) is 1. The van der Waals surface area contributed by atoms with Crippen molar-refractivity contribution in [1.29, 1.82) is 0 Å². The van der Waals surface area contributed by atoms with Gasteiger partial charge in [0.2, 0.25) is 0 Å². The van der Waals surface area contributed by atoms with Gasteiger partial charge in [0.25, 0.3) is 0 Å². The molecule has 0 unspecified atom stereocenters. The number of benzene rings is 2. The van der Waals surface area contributed by atoms with Gasteiger partial charge in [-0.25, -0.2) is 4.98 Å². The van der Waals surface area contributed by atoms with Gasteiger partial charge >= 0.3 is 0 Å². The second-order valence-corrected chi connectivity index (χ2v) is 5.65. The third-order valence-corrected chi connectivity index (χ3v) is 3.91. The Morgan fingerprint density at radius 1 is 0.840 bits per heavy atom. The van der Waals surface area contributed by atoms with Gasteiger partial charge in [-0.05, 0) is 35.2 Å². The van der Waals surface area contributed by atoms with Gasteiger partial charge in [-0.1, -0.05) is 42.5 Å². The molecule has 0 aliphatic rings. The fourth-order valence-corrected chi connectivity index (χ4v) is 2.72. The van der Waals surface area contributed by atoms with Crippen LogP contribution in [0.1, 0.15) is 5.56 Å². The zero-order chi connectivity index (χ0) is 16.9. The van der Waals surface area contributed by atoms with Gasteiger partial charge in [-0.15, -0.1) is 0 Å². The number of nitrogens with one attached hydrogen (secondary N) is 1. The van der Waals surface area contributed by atoms with Gasteiger partial charge in [-0.2, -0.15) is 0 Å². The van der Waals surface area contributed by atoms with E-state index in [2.05, 4.69) is 33.5 Å². The van der Waals surface area contributed by atoms with Crippen molar-refractivity contribution in [3.8, 4) is 5.75 Å². The number of anilines is 2. The van der Waals surface area contributed by atoms with Gasteiger partial charge in [0.15, 0.2) is 0 Å². The van der Waals surface area contributed by atoms with Gasteiger partial charge in [0.1, 0.15) is 18.2 Å². The molecule has 4 nitrogen and oxygen atoms in total. The van der Waals surface area contributed by atoms with E-state index >= 15 is 0 Å². The fourth-order valence-electron chi connectivity index (χ4n) is 2.72. The summed E-state index contributed by atoms with van der Waals surface area (Å²) in [5.41, 5.74) is 2.02. The Balaban J connectivity index is 1.69. The maximum Gasteiger partial charge on any atom is 0.142 e. The Morgan fingerprint density at radius 3 is 2.60 bits per heavy atom. The molecule has 0 saturated carbocycles. The van der Waals surface area contributed by atoms with Crippen LogP contribution in [-0.4, -0.2) is 9.97 Å². The Hall–Kier alpha value is -3.40. The lowest BCUT2D eigenvalue weighted by Crippen LogP contribution is -1.99. The summed E-state index contributed by atoms with van der Waals surface area (Å²) < 4.78 is 6.09. The van der Waals surface area contributed by atoms with Crippen LogP contribution in [-0.2, 0) is 6.61 Å². The van der Waals surface area contributed by atoms with E-state index in [1.54, 1.807) is 18.6 Å². The van der Waals surface area contributed by atoms with Crippen molar-refractivity contribution in [2.24, 2.45) is 0 Å². The molecular weight excluding hydrogens is 310 g/mol. The van der Waals surface area contributed by atoms with Crippen molar-refractivity contribution in [1.82, 2.24) is 9.97 Å². The van der Waals surface area contributed by atoms with E-state index in [0.717, 1.165) is 33.6 Å². The Labute approximate surface area is 146 Å². The highest BCUT2D eigenvalue weighted by molar-refractivity contribution is 5.98. The Bertz CT molecular complexity index is 967. The first-order chi connectivity index (χ1) is 12.4. The SMILES string of the molecule is c1ccc(COc2cccc3ccnc(Nc4cccnc4)c23)cc1. The normalized spacial score (nSPS) is 10.6. The van der Waals surface area contributed by atoms with E-state index in [9.17, 15) is 0 Å². The molecule has 2 aromatic carbocycles. The predicted octanol–water partition coefficient (Wildman–Crippen LogP) is 4.95. The fraction of sp³-hybridized carbons (Fsp3) is 0.0476. The molecule has 2 aromatic heterocycles. The molecule has 0 fully saturated rings. The lowest BCUT2D eigenvalue weighted by molar-refractivity contribution is 0.310. The summed E-state index contributed by atoms with van der Waals surface area (Å²) in [7, 11) is 0.